The molecule has 0 saturated carbocycles. The number of para-hydroxylation sites is 2. The summed E-state index contributed by atoms with van der Waals surface area (Å²) >= 11 is 0. The topological polar surface area (TPSA) is 77.4 Å². The van der Waals surface area contributed by atoms with E-state index in [1.54, 1.807) is 6.07 Å². The minimum Gasteiger partial charge on any atom is -0.485 e. The summed E-state index contributed by atoms with van der Waals surface area (Å²) in [6.07, 6.45) is -0.492. The summed E-state index contributed by atoms with van der Waals surface area (Å²) in [5, 5.41) is 5.89. The number of benzene rings is 1. The number of hydrogen-bond donors (Lipinski definition) is 1. The normalized spacial score (nSPS) is 18.4. The molecule has 1 N–H and O–H groups in total. The molecule has 0 spiro atoms. The van der Waals surface area contributed by atoms with Gasteiger partial charge in [0.25, 0.3) is 5.89 Å². The highest BCUT2D eigenvalue weighted by Crippen LogP contribution is 2.34. The largest absolute Gasteiger partial charge is 0.485 e. The fourth-order valence-electron chi connectivity index (χ4n) is 1.52. The van der Waals surface area contributed by atoms with Crippen molar-refractivity contribution in [2.24, 2.45) is 0 Å². The summed E-state index contributed by atoms with van der Waals surface area (Å²) in [5.74, 6) is 0.887. The van der Waals surface area contributed by atoms with Gasteiger partial charge in [-0.05, 0) is 12.1 Å². The van der Waals surface area contributed by atoms with Gasteiger partial charge in [-0.25, -0.2) is 9.89 Å². The van der Waals surface area contributed by atoms with Crippen molar-refractivity contribution >= 4 is 0 Å². The predicted octanol–water partition coefficient (Wildman–Crippen LogP) is 0.875. The molecular weight excluding hydrogens is 212 g/mol. The van der Waals surface area contributed by atoms with Crippen LogP contribution in [0.2, 0.25) is 0 Å². The quantitative estimate of drug-likeness (QED) is 0.771. The van der Waals surface area contributed by atoms with E-state index in [1.165, 1.54) is 0 Å². The van der Waals surface area contributed by atoms with Crippen molar-refractivity contribution < 1.29 is 13.9 Å². The number of nitrogens with zero attached hydrogens (tertiary/aromatic N) is 1. The molecule has 6 nitrogen and oxygen atoms in total. The van der Waals surface area contributed by atoms with Crippen molar-refractivity contribution in [1.29, 1.82) is 0 Å². The molecule has 1 aliphatic heterocycles. The zero-order valence-electron chi connectivity index (χ0n) is 8.17. The van der Waals surface area contributed by atoms with Crippen LogP contribution < -0.4 is 15.2 Å². The summed E-state index contributed by atoms with van der Waals surface area (Å²) in [6.45, 7) is 0.269. The Kier molecular flexibility index (Phi) is 1.92. The second-order valence-corrected chi connectivity index (χ2v) is 3.32. The van der Waals surface area contributed by atoms with Gasteiger partial charge in [-0.1, -0.05) is 12.1 Å². The maximum absolute atomic E-state index is 10.8. The van der Waals surface area contributed by atoms with Crippen molar-refractivity contribution in [1.82, 2.24) is 10.2 Å². The number of hydrogen-bond acceptors (Lipinski definition) is 5. The lowest BCUT2D eigenvalue weighted by Gasteiger charge is -2.23. The summed E-state index contributed by atoms with van der Waals surface area (Å²) < 4.78 is 15.9. The van der Waals surface area contributed by atoms with Crippen LogP contribution >= 0.6 is 0 Å². The molecular formula is C10H8N2O4. The summed E-state index contributed by atoms with van der Waals surface area (Å²) in [5.41, 5.74) is 0. The molecule has 82 valence electrons. The molecule has 2 heterocycles. The van der Waals surface area contributed by atoms with Crippen molar-refractivity contribution in [2.45, 2.75) is 6.10 Å². The van der Waals surface area contributed by atoms with Crippen LogP contribution in [0.15, 0.2) is 33.5 Å². The van der Waals surface area contributed by atoms with Crippen LogP contribution in [0, 0.1) is 0 Å². The third-order valence-electron chi connectivity index (χ3n) is 2.24. The molecule has 3 rings (SSSR count). The van der Waals surface area contributed by atoms with E-state index in [4.69, 9.17) is 13.9 Å². The fraction of sp³-hybridized carbons (Fsp3) is 0.200. The zero-order valence-corrected chi connectivity index (χ0v) is 8.17. The molecule has 1 atom stereocenters. The molecule has 0 saturated heterocycles. The molecule has 0 aliphatic carbocycles. The SMILES string of the molecule is O=c1[nH]nc(C2COc3ccccc3O2)o1. The van der Waals surface area contributed by atoms with E-state index in [0.717, 1.165) is 0 Å². The van der Waals surface area contributed by atoms with E-state index in [1.807, 2.05) is 18.2 Å². The second kappa shape index (κ2) is 3.41. The molecule has 16 heavy (non-hydrogen) atoms. The smallest absolute Gasteiger partial charge is 0.434 e. The minimum absolute atomic E-state index is 0.194. The molecule has 2 aromatic rings. The van der Waals surface area contributed by atoms with Crippen LogP contribution in [-0.4, -0.2) is 16.8 Å². The first-order chi connectivity index (χ1) is 7.83. The highest BCUT2D eigenvalue weighted by Gasteiger charge is 2.26. The Bertz CT molecular complexity index is 560. The van der Waals surface area contributed by atoms with Crippen LogP contribution in [-0.2, 0) is 0 Å². The molecule has 0 fully saturated rings. The number of nitrogens with one attached hydrogen (secondary N) is 1. The van der Waals surface area contributed by atoms with Crippen LogP contribution in [0.5, 0.6) is 11.5 Å². The Morgan fingerprint density at radius 1 is 1.31 bits per heavy atom. The number of rotatable bonds is 1. The summed E-state index contributed by atoms with van der Waals surface area (Å²) in [6, 6.07) is 7.29. The Hall–Kier alpha value is -2.24. The first-order valence-corrected chi connectivity index (χ1v) is 4.77. The molecule has 1 aromatic heterocycles. The lowest BCUT2D eigenvalue weighted by molar-refractivity contribution is 0.0703. The third-order valence-corrected chi connectivity index (χ3v) is 2.24. The number of fused-ring (bicyclic) bond motifs is 1. The van der Waals surface area contributed by atoms with E-state index in [0.29, 0.717) is 11.5 Å². The Balaban J connectivity index is 1.90. The van der Waals surface area contributed by atoms with Gasteiger partial charge in [-0.3, -0.25) is 0 Å². The lowest BCUT2D eigenvalue weighted by atomic mass is 10.2. The lowest BCUT2D eigenvalue weighted by Crippen LogP contribution is -2.21. The average molecular weight is 220 g/mol. The fourth-order valence-corrected chi connectivity index (χ4v) is 1.52. The number of ether oxygens (including phenoxy) is 2. The minimum atomic E-state index is -0.600. The maximum Gasteiger partial charge on any atom is 0.434 e. The summed E-state index contributed by atoms with van der Waals surface area (Å²) in [7, 11) is 0. The number of aromatic amines is 1. The average Bonchev–Trinajstić information content (AvgIpc) is 2.75. The van der Waals surface area contributed by atoms with Gasteiger partial charge in [0, 0.05) is 0 Å². The Labute approximate surface area is 89.8 Å². The van der Waals surface area contributed by atoms with Gasteiger partial charge >= 0.3 is 5.76 Å². The highest BCUT2D eigenvalue weighted by molar-refractivity contribution is 5.40. The van der Waals surface area contributed by atoms with Crippen LogP contribution in [0.25, 0.3) is 0 Å². The molecule has 0 amide bonds. The Morgan fingerprint density at radius 2 is 2.12 bits per heavy atom. The van der Waals surface area contributed by atoms with Gasteiger partial charge in [-0.2, -0.15) is 0 Å². The molecule has 1 aliphatic rings. The van der Waals surface area contributed by atoms with Gasteiger partial charge in [0.15, 0.2) is 11.5 Å². The van der Waals surface area contributed by atoms with Crippen molar-refractivity contribution in [3.63, 3.8) is 0 Å². The van der Waals surface area contributed by atoms with E-state index in [9.17, 15) is 4.79 Å². The van der Waals surface area contributed by atoms with Crippen LogP contribution in [0.4, 0.5) is 0 Å². The maximum atomic E-state index is 10.8. The van der Waals surface area contributed by atoms with Gasteiger partial charge in [0.1, 0.15) is 6.61 Å². The number of H-pyrrole nitrogens is 1. The summed E-state index contributed by atoms with van der Waals surface area (Å²) in [4.78, 5) is 10.8. The van der Waals surface area contributed by atoms with Crippen molar-refractivity contribution in [2.75, 3.05) is 6.61 Å². The molecule has 6 heteroatoms. The second-order valence-electron chi connectivity index (χ2n) is 3.32. The zero-order chi connectivity index (χ0) is 11.0. The molecule has 1 unspecified atom stereocenters. The van der Waals surface area contributed by atoms with E-state index in [-0.39, 0.29) is 12.5 Å². The van der Waals surface area contributed by atoms with Gasteiger partial charge in [0.2, 0.25) is 6.10 Å². The first kappa shape index (κ1) is 9.02. The van der Waals surface area contributed by atoms with E-state index < -0.39 is 11.9 Å². The van der Waals surface area contributed by atoms with Crippen LogP contribution in [0.3, 0.4) is 0 Å². The van der Waals surface area contributed by atoms with E-state index in [2.05, 4.69) is 10.2 Å². The molecule has 0 bridgehead atoms. The number of aromatic nitrogens is 2. The first-order valence-electron chi connectivity index (χ1n) is 4.77. The van der Waals surface area contributed by atoms with Crippen molar-refractivity contribution in [3.05, 3.63) is 40.7 Å². The molecule has 1 aromatic carbocycles. The molecule has 0 radical (unpaired) electrons. The van der Waals surface area contributed by atoms with Gasteiger partial charge in [-0.15, -0.1) is 5.10 Å². The van der Waals surface area contributed by atoms with Crippen LogP contribution in [0.1, 0.15) is 12.0 Å². The Morgan fingerprint density at radius 3 is 2.88 bits per heavy atom. The standard InChI is InChI=1S/C10H8N2O4/c13-10-12-11-9(16-10)8-5-14-6-3-1-2-4-7(6)15-8/h1-4,8H,5H2,(H,12,13). The predicted molar refractivity (Wildman–Crippen MR) is 52.4 cm³/mol. The third kappa shape index (κ3) is 1.44. The monoisotopic (exact) mass is 220 g/mol. The van der Waals surface area contributed by atoms with Crippen molar-refractivity contribution in [3.8, 4) is 11.5 Å². The highest BCUT2D eigenvalue weighted by atomic mass is 16.6. The van der Waals surface area contributed by atoms with E-state index >= 15 is 0 Å². The van der Waals surface area contributed by atoms with Gasteiger partial charge in [0.05, 0.1) is 0 Å². The van der Waals surface area contributed by atoms with Gasteiger partial charge < -0.3 is 13.9 Å².